The van der Waals surface area contributed by atoms with Crippen molar-refractivity contribution in [3.63, 3.8) is 0 Å². The van der Waals surface area contributed by atoms with Crippen molar-refractivity contribution in [2.24, 2.45) is 0 Å². The Morgan fingerprint density at radius 3 is 2.20 bits per heavy atom. The highest BCUT2D eigenvalue weighted by Gasteiger charge is 2.15. The van der Waals surface area contributed by atoms with Crippen molar-refractivity contribution in [2.75, 3.05) is 7.05 Å². The molecule has 1 unspecified atom stereocenters. The molecular weight excluding hydrogens is 262 g/mol. The summed E-state index contributed by atoms with van der Waals surface area (Å²) in [6.07, 6.45) is 1.04. The molecule has 0 saturated heterocycles. The number of nitrogens with one attached hydrogen (secondary N) is 1. The van der Waals surface area contributed by atoms with E-state index in [4.69, 9.17) is 0 Å². The van der Waals surface area contributed by atoms with E-state index in [2.05, 4.69) is 68.0 Å². The minimum absolute atomic E-state index is 0.227. The molecule has 1 nitrogen and oxygen atoms in total. The molecule has 1 aromatic heterocycles. The van der Waals surface area contributed by atoms with Crippen LogP contribution in [0.2, 0.25) is 0 Å². The third-order valence-corrected chi connectivity index (χ3v) is 4.76. The van der Waals surface area contributed by atoms with E-state index in [-0.39, 0.29) is 5.41 Å². The maximum atomic E-state index is 3.45. The second-order valence-corrected chi connectivity index (χ2v) is 7.25. The first-order valence-corrected chi connectivity index (χ1v) is 8.15. The lowest BCUT2D eigenvalue weighted by atomic mass is 9.86. The van der Waals surface area contributed by atoms with Crippen LogP contribution in [0.3, 0.4) is 0 Å². The van der Waals surface area contributed by atoms with Crippen LogP contribution >= 0.6 is 11.3 Å². The lowest BCUT2D eigenvalue weighted by Gasteiger charge is -2.20. The number of thiophene rings is 1. The van der Waals surface area contributed by atoms with Crippen molar-refractivity contribution in [3.05, 3.63) is 57.3 Å². The first-order valence-electron chi connectivity index (χ1n) is 7.21. The van der Waals surface area contributed by atoms with Gasteiger partial charge in [0, 0.05) is 6.04 Å². The molecule has 108 valence electrons. The number of hydrogen-bond donors (Lipinski definition) is 1. The largest absolute Gasteiger partial charge is 0.313 e. The summed E-state index contributed by atoms with van der Waals surface area (Å²) in [5, 5.41) is 7.93. The van der Waals surface area contributed by atoms with Gasteiger partial charge in [-0.3, -0.25) is 0 Å². The first-order chi connectivity index (χ1) is 9.41. The van der Waals surface area contributed by atoms with Gasteiger partial charge in [0.1, 0.15) is 0 Å². The number of aryl methyl sites for hydroxylation is 1. The minimum atomic E-state index is 0.227. The molecule has 2 rings (SSSR count). The van der Waals surface area contributed by atoms with E-state index in [1.54, 1.807) is 11.3 Å². The van der Waals surface area contributed by atoms with E-state index < -0.39 is 0 Å². The SMILES string of the molecule is CNC(Cc1ccc(C(C)(C)C)cc1)c1cscc1C. The van der Waals surface area contributed by atoms with Gasteiger partial charge in [0.2, 0.25) is 0 Å². The summed E-state index contributed by atoms with van der Waals surface area (Å²) < 4.78 is 0. The lowest BCUT2D eigenvalue weighted by Crippen LogP contribution is -2.19. The lowest BCUT2D eigenvalue weighted by molar-refractivity contribution is 0.583. The van der Waals surface area contributed by atoms with Crippen LogP contribution in [0.1, 0.15) is 49.1 Å². The highest BCUT2D eigenvalue weighted by molar-refractivity contribution is 7.08. The minimum Gasteiger partial charge on any atom is -0.313 e. The Kier molecular flexibility index (Phi) is 4.66. The fraction of sp³-hybridized carbons (Fsp3) is 0.444. The summed E-state index contributed by atoms with van der Waals surface area (Å²) in [4.78, 5) is 0. The molecule has 0 aliphatic heterocycles. The van der Waals surface area contributed by atoms with Gasteiger partial charge in [-0.25, -0.2) is 0 Å². The zero-order valence-corrected chi connectivity index (χ0v) is 14.0. The molecule has 0 aliphatic rings. The fourth-order valence-electron chi connectivity index (χ4n) is 2.47. The molecule has 0 amide bonds. The van der Waals surface area contributed by atoms with Crippen molar-refractivity contribution in [1.82, 2.24) is 5.32 Å². The first kappa shape index (κ1) is 15.3. The zero-order valence-electron chi connectivity index (χ0n) is 13.2. The molecule has 0 spiro atoms. The van der Waals surface area contributed by atoms with E-state index >= 15 is 0 Å². The number of hydrogen-bond acceptors (Lipinski definition) is 2. The Balaban J connectivity index is 2.15. The Hall–Kier alpha value is -1.12. The monoisotopic (exact) mass is 287 g/mol. The highest BCUT2D eigenvalue weighted by atomic mass is 32.1. The fourth-order valence-corrected chi connectivity index (χ4v) is 3.38. The Bertz CT molecular complexity index is 546. The van der Waals surface area contributed by atoms with Crippen molar-refractivity contribution in [2.45, 2.75) is 45.6 Å². The number of likely N-dealkylation sites (N-methyl/N-ethyl adjacent to an activating group) is 1. The summed E-state index contributed by atoms with van der Waals surface area (Å²) in [5.74, 6) is 0. The molecule has 0 fully saturated rings. The number of rotatable bonds is 4. The molecule has 0 saturated carbocycles. The molecule has 2 aromatic rings. The van der Waals surface area contributed by atoms with Crippen molar-refractivity contribution >= 4 is 11.3 Å². The van der Waals surface area contributed by atoms with Crippen LogP contribution in [-0.4, -0.2) is 7.05 Å². The molecule has 1 heterocycles. The Morgan fingerprint density at radius 1 is 1.10 bits per heavy atom. The van der Waals surface area contributed by atoms with Crippen LogP contribution in [0, 0.1) is 6.92 Å². The molecule has 0 radical (unpaired) electrons. The van der Waals surface area contributed by atoms with E-state index in [0.29, 0.717) is 6.04 Å². The van der Waals surface area contributed by atoms with Gasteiger partial charge < -0.3 is 5.32 Å². The quantitative estimate of drug-likeness (QED) is 0.847. The van der Waals surface area contributed by atoms with Crippen LogP contribution < -0.4 is 5.32 Å². The van der Waals surface area contributed by atoms with Gasteiger partial charge in [0.15, 0.2) is 0 Å². The highest BCUT2D eigenvalue weighted by Crippen LogP contribution is 2.26. The number of benzene rings is 1. The average Bonchev–Trinajstić information content (AvgIpc) is 2.82. The molecular formula is C18H25NS. The van der Waals surface area contributed by atoms with Crippen molar-refractivity contribution in [1.29, 1.82) is 0 Å². The zero-order chi connectivity index (χ0) is 14.8. The predicted octanol–water partition coefficient (Wildman–Crippen LogP) is 4.86. The predicted molar refractivity (Wildman–Crippen MR) is 89.7 cm³/mol. The van der Waals surface area contributed by atoms with Gasteiger partial charge in [0.25, 0.3) is 0 Å². The normalized spacial score (nSPS) is 13.4. The Labute approximate surface area is 127 Å². The maximum Gasteiger partial charge on any atom is 0.0369 e. The Morgan fingerprint density at radius 2 is 1.75 bits per heavy atom. The van der Waals surface area contributed by atoms with Crippen molar-refractivity contribution in [3.8, 4) is 0 Å². The average molecular weight is 287 g/mol. The summed E-state index contributed by atoms with van der Waals surface area (Å²) in [7, 11) is 2.05. The van der Waals surface area contributed by atoms with E-state index in [0.717, 1.165) is 6.42 Å². The summed E-state index contributed by atoms with van der Waals surface area (Å²) in [6, 6.07) is 9.48. The van der Waals surface area contributed by atoms with Crippen LogP contribution in [-0.2, 0) is 11.8 Å². The summed E-state index contributed by atoms with van der Waals surface area (Å²) in [6.45, 7) is 8.96. The van der Waals surface area contributed by atoms with Crippen LogP contribution in [0.5, 0.6) is 0 Å². The van der Waals surface area contributed by atoms with E-state index in [1.165, 1.54) is 22.3 Å². The van der Waals surface area contributed by atoms with E-state index in [9.17, 15) is 0 Å². The summed E-state index contributed by atoms with van der Waals surface area (Å²) >= 11 is 1.79. The van der Waals surface area contributed by atoms with Gasteiger partial charge >= 0.3 is 0 Å². The van der Waals surface area contributed by atoms with Gasteiger partial charge in [-0.05, 0) is 58.8 Å². The van der Waals surface area contributed by atoms with Gasteiger partial charge in [-0.2, -0.15) is 11.3 Å². The standard InChI is InChI=1S/C18H25NS/c1-13-11-20-12-16(13)17(19-5)10-14-6-8-15(9-7-14)18(2,3)4/h6-9,11-12,17,19H,10H2,1-5H3. The molecule has 0 aliphatic carbocycles. The van der Waals surface area contributed by atoms with Gasteiger partial charge in [-0.15, -0.1) is 0 Å². The smallest absolute Gasteiger partial charge is 0.0369 e. The topological polar surface area (TPSA) is 12.0 Å². The molecule has 2 heteroatoms. The van der Waals surface area contributed by atoms with Gasteiger partial charge in [-0.1, -0.05) is 45.0 Å². The van der Waals surface area contributed by atoms with Crippen LogP contribution in [0.25, 0.3) is 0 Å². The second kappa shape index (κ2) is 6.11. The van der Waals surface area contributed by atoms with Crippen LogP contribution in [0.4, 0.5) is 0 Å². The molecule has 0 bridgehead atoms. The molecule has 1 atom stereocenters. The molecule has 1 N–H and O–H groups in total. The van der Waals surface area contributed by atoms with E-state index in [1.807, 2.05) is 7.05 Å². The van der Waals surface area contributed by atoms with Crippen LogP contribution in [0.15, 0.2) is 35.0 Å². The summed E-state index contributed by atoms with van der Waals surface area (Å²) in [5.41, 5.74) is 5.83. The molecule has 20 heavy (non-hydrogen) atoms. The third-order valence-electron chi connectivity index (χ3n) is 3.88. The van der Waals surface area contributed by atoms with Crippen molar-refractivity contribution < 1.29 is 0 Å². The molecule has 1 aromatic carbocycles. The maximum absolute atomic E-state index is 3.45. The third kappa shape index (κ3) is 3.50. The second-order valence-electron chi connectivity index (χ2n) is 6.50. The van der Waals surface area contributed by atoms with Gasteiger partial charge in [0.05, 0.1) is 0 Å².